The van der Waals surface area contributed by atoms with Gasteiger partial charge in [-0.25, -0.2) is 19.9 Å². The number of benzene rings is 7. The van der Waals surface area contributed by atoms with Crippen molar-refractivity contribution in [3.8, 4) is 22.7 Å². The monoisotopic (exact) mass is 1700 g/mol. The summed E-state index contributed by atoms with van der Waals surface area (Å²) in [6.07, 6.45) is 15.7. The Kier molecular flexibility index (Phi) is 39.0. The Labute approximate surface area is 660 Å². The van der Waals surface area contributed by atoms with Crippen LogP contribution in [0, 0.1) is 0 Å². The van der Waals surface area contributed by atoms with Gasteiger partial charge in [0.25, 0.3) is 0 Å². The Morgan fingerprint density at radius 1 is 0.250 bits per heavy atom. The van der Waals surface area contributed by atoms with Crippen molar-refractivity contribution in [3.63, 3.8) is 0 Å². The molecule has 104 heavy (non-hydrogen) atoms. The molecule has 0 saturated heterocycles. The van der Waals surface area contributed by atoms with E-state index in [1.165, 1.54) is 31.8 Å². The summed E-state index contributed by atoms with van der Waals surface area (Å²) < 4.78 is 86.6. The number of hydrogen-bond acceptors (Lipinski definition) is 4. The fourth-order valence-electron chi connectivity index (χ4n) is 10.6. The van der Waals surface area contributed by atoms with Gasteiger partial charge >= 0.3 is 48.6 Å². The van der Waals surface area contributed by atoms with E-state index in [1.54, 1.807) is 0 Å². The number of alkyl halides is 8. The molecule has 0 unspecified atom stereocenters. The van der Waals surface area contributed by atoms with Crippen LogP contribution < -0.4 is 31.8 Å². The first-order valence-electron chi connectivity index (χ1n) is 30.6. The SMILES string of the molecule is ClCCl.ClCCl.ClCCl.ClCCl.F[B-](F)(F)F.F[B-](F)(F)F.[Cu+].[Cu+].c1ccc([PH+](c2ccccc2)c2ccccc2)cc1.c1ccc([PH+](c2ccccc2)c2ccccc2)cc1.c1cnc2c(c1)ccn2-c1cc(-n2ccc3cccnc32)c(-n2ccc3cccnc32)cc1-n1ccc2cccnc21. The number of hydrogen-bond donors (Lipinski definition) is 0. The fourth-order valence-corrected chi connectivity index (χ4v) is 15.8. The van der Waals surface area contributed by atoms with Crippen molar-refractivity contribution in [1.29, 1.82) is 0 Å². The van der Waals surface area contributed by atoms with E-state index in [4.69, 9.17) is 113 Å². The van der Waals surface area contributed by atoms with Gasteiger partial charge in [-0.05, 0) is 158 Å². The van der Waals surface area contributed by atoms with Crippen LogP contribution in [0.4, 0.5) is 34.5 Å². The average molecular weight is 1710 g/mol. The van der Waals surface area contributed by atoms with Gasteiger partial charge in [0.2, 0.25) is 0 Å². The summed E-state index contributed by atoms with van der Waals surface area (Å²) in [4.78, 5) is 19.0. The van der Waals surface area contributed by atoms with E-state index in [0.29, 0.717) is 0 Å². The third-order valence-electron chi connectivity index (χ3n) is 14.3. The number of nitrogens with zero attached hydrogens (tertiary/aromatic N) is 8. The molecule has 0 aliphatic rings. The second-order valence-electron chi connectivity index (χ2n) is 20.6. The van der Waals surface area contributed by atoms with Crippen LogP contribution in [0.1, 0.15) is 0 Å². The molecule has 0 fully saturated rings. The number of fused-ring (bicyclic) bond motifs is 4. The molecule has 8 aromatic heterocycles. The smallest absolute Gasteiger partial charge is 0.418 e. The molecule has 8 nitrogen and oxygen atoms in total. The van der Waals surface area contributed by atoms with Crippen molar-refractivity contribution in [3.05, 3.63) is 316 Å². The van der Waals surface area contributed by atoms with Crippen molar-refractivity contribution >= 4 is 199 Å². The number of rotatable bonds is 10. The molecule has 0 aliphatic heterocycles. The Morgan fingerprint density at radius 2 is 0.404 bits per heavy atom. The molecule has 0 amide bonds. The Balaban J connectivity index is 0.000000263. The van der Waals surface area contributed by atoms with Gasteiger partial charge in [0.1, 0.15) is 54.4 Å². The second kappa shape index (κ2) is 46.2. The molecule has 7 aromatic carbocycles. The van der Waals surface area contributed by atoms with E-state index in [0.717, 1.165) is 66.9 Å². The predicted molar refractivity (Wildman–Crippen MR) is 425 cm³/mol. The molecular formula is C74H62B2Cl8Cu2F8N8P2+2. The zero-order valence-electron chi connectivity index (χ0n) is 54.2. The van der Waals surface area contributed by atoms with E-state index in [-0.39, 0.29) is 55.5 Å². The van der Waals surface area contributed by atoms with E-state index in [9.17, 15) is 34.5 Å². The molecule has 0 saturated carbocycles. The third-order valence-corrected chi connectivity index (χ3v) is 19.7. The van der Waals surface area contributed by atoms with Crippen molar-refractivity contribution in [2.24, 2.45) is 0 Å². The van der Waals surface area contributed by atoms with Gasteiger partial charge in [-0.15, -0.1) is 92.8 Å². The number of aromatic nitrogens is 8. The average Bonchev–Trinajstić information content (AvgIpc) is 1.55. The van der Waals surface area contributed by atoms with Crippen molar-refractivity contribution in [1.82, 2.24) is 38.2 Å². The van der Waals surface area contributed by atoms with Gasteiger partial charge in [-0.3, -0.25) is 18.3 Å². The molecule has 546 valence electrons. The van der Waals surface area contributed by atoms with Crippen LogP contribution >= 0.6 is 109 Å². The van der Waals surface area contributed by atoms with Crippen molar-refractivity contribution in [2.45, 2.75) is 0 Å². The third kappa shape index (κ3) is 26.8. The first-order valence-corrected chi connectivity index (χ1v) is 37.8. The first kappa shape index (κ1) is 87.7. The summed E-state index contributed by atoms with van der Waals surface area (Å²) >= 11 is 38.1. The fraction of sp³-hybridized carbons (Fsp3) is 0.0541. The Bertz CT molecular complexity index is 4210. The van der Waals surface area contributed by atoms with Crippen LogP contribution in [0.5, 0.6) is 0 Å². The quantitative estimate of drug-likeness (QED) is 0.0592. The Hall–Kier alpha value is -6.91. The van der Waals surface area contributed by atoms with Crippen LogP contribution in [-0.2, 0) is 34.1 Å². The summed E-state index contributed by atoms with van der Waals surface area (Å²) in [5.74, 6) is 0. The number of halogens is 16. The molecular weight excluding hydrogens is 1650 g/mol. The largest absolute Gasteiger partial charge is 1.00 e. The summed E-state index contributed by atoms with van der Waals surface area (Å²) in [5.41, 5.74) is 7.38. The zero-order chi connectivity index (χ0) is 73.3. The first-order chi connectivity index (χ1) is 49.4. The molecule has 8 heterocycles. The van der Waals surface area contributed by atoms with Gasteiger partial charge in [0, 0.05) is 71.1 Å². The van der Waals surface area contributed by atoms with Crippen LogP contribution in [0.2, 0.25) is 0 Å². The second-order valence-corrected chi connectivity index (χ2v) is 28.8. The summed E-state index contributed by atoms with van der Waals surface area (Å²) in [6, 6.07) is 94.0. The normalized spacial score (nSPS) is 10.5. The predicted octanol–water partition coefficient (Wildman–Crippen LogP) is 21.7. The minimum absolute atomic E-state index is 0. The van der Waals surface area contributed by atoms with Gasteiger partial charge in [-0.2, -0.15) is 0 Å². The van der Waals surface area contributed by atoms with Crippen LogP contribution in [0.15, 0.2) is 316 Å². The minimum Gasteiger partial charge on any atom is -0.418 e. The van der Waals surface area contributed by atoms with E-state index in [1.807, 2.05) is 49.1 Å². The molecule has 0 N–H and O–H groups in total. The molecule has 0 radical (unpaired) electrons. The zero-order valence-corrected chi connectivity index (χ0v) is 64.2. The molecule has 15 aromatic rings. The molecule has 0 aliphatic carbocycles. The molecule has 30 heteroatoms. The van der Waals surface area contributed by atoms with Crippen LogP contribution in [0.3, 0.4) is 0 Å². The van der Waals surface area contributed by atoms with Crippen molar-refractivity contribution < 1.29 is 68.7 Å². The van der Waals surface area contributed by atoms with E-state index < -0.39 is 30.4 Å². The van der Waals surface area contributed by atoms with Gasteiger partial charge in [-0.1, -0.05) is 109 Å². The van der Waals surface area contributed by atoms with Crippen LogP contribution in [0.25, 0.3) is 66.9 Å². The Morgan fingerprint density at radius 3 is 0.558 bits per heavy atom. The molecule has 15 rings (SSSR count). The minimum atomic E-state index is -6.00. The summed E-state index contributed by atoms with van der Waals surface area (Å²) in [6.45, 7) is 0. The van der Waals surface area contributed by atoms with Crippen molar-refractivity contribution in [2.75, 3.05) is 21.4 Å². The molecule has 0 bridgehead atoms. The van der Waals surface area contributed by atoms with Crippen LogP contribution in [-0.4, -0.2) is 74.1 Å². The maximum Gasteiger partial charge on any atom is 1.00 e. The van der Waals surface area contributed by atoms with Gasteiger partial charge < -0.3 is 34.5 Å². The maximum absolute atomic E-state index is 9.75. The summed E-state index contributed by atoms with van der Waals surface area (Å²) in [5, 5.41) is 13.7. The number of pyridine rings is 4. The van der Waals surface area contributed by atoms with E-state index >= 15 is 0 Å². The summed E-state index contributed by atoms with van der Waals surface area (Å²) in [7, 11) is -13.8. The van der Waals surface area contributed by atoms with E-state index in [2.05, 4.69) is 286 Å². The standard InChI is InChI=1S/C34H22N8.2C18H15P.4CH2Cl2.2BF4.2Cu/c1-5-23-9-17-39(31(23)35-13-1)27-21-29(41-19-11-25-7-3-15-37-33(25)41)30(42-20-12-26-8-4-16-38-34(26)42)22-28(27)40-18-10-24-6-2-14-36-32(24)40;2*1-4-10-16(11-5-1)19(17-12-6-2-7-13-17)18-14-8-3-9-15-18;4*2-1-3;2*2-1(3,4)5;;/h1-22H;2*1-15H;4*1H2;;;;/q;;;;;;;2*-1;2*+1/p+2. The van der Waals surface area contributed by atoms with Gasteiger partial charge in [0.15, 0.2) is 0 Å². The molecule has 0 spiro atoms. The maximum atomic E-state index is 9.75. The van der Waals surface area contributed by atoms with Gasteiger partial charge in [0.05, 0.1) is 59.9 Å². The molecule has 0 atom stereocenters. The topological polar surface area (TPSA) is 71.3 Å².